The quantitative estimate of drug-likeness (QED) is 0.346. The van der Waals surface area contributed by atoms with Crippen molar-refractivity contribution in [2.24, 2.45) is 0 Å². The molecule has 0 unspecified atom stereocenters. The minimum atomic E-state index is -0.420. The van der Waals surface area contributed by atoms with Crippen LogP contribution in [0.3, 0.4) is 0 Å². The number of methoxy groups -OCH3 is 1. The van der Waals surface area contributed by atoms with Crippen LogP contribution in [-0.2, 0) is 16.1 Å². The molecule has 0 N–H and O–H groups in total. The molecule has 0 saturated carbocycles. The zero-order valence-corrected chi connectivity index (χ0v) is 17.0. The normalized spacial score (nSPS) is 10.6. The Morgan fingerprint density at radius 3 is 2.54 bits per heavy atom. The predicted molar refractivity (Wildman–Crippen MR) is 105 cm³/mol. The van der Waals surface area contributed by atoms with Gasteiger partial charge in [0.2, 0.25) is 5.76 Å². The fourth-order valence-corrected chi connectivity index (χ4v) is 2.33. The van der Waals surface area contributed by atoms with Crippen LogP contribution >= 0.6 is 22.6 Å². The van der Waals surface area contributed by atoms with Gasteiger partial charge in [-0.25, -0.2) is 4.79 Å². The Labute approximate surface area is 157 Å². The van der Waals surface area contributed by atoms with Crippen LogP contribution in [0.2, 0.25) is 0 Å². The van der Waals surface area contributed by atoms with E-state index < -0.39 is 5.97 Å². The molecule has 1 aromatic heterocycles. The molecule has 134 valence electrons. The number of carbonyl (C=O) groups is 1. The molecule has 5 nitrogen and oxygen atoms in total. The van der Waals surface area contributed by atoms with Gasteiger partial charge < -0.3 is 18.8 Å². The molecule has 0 aliphatic heterocycles. The van der Waals surface area contributed by atoms with Gasteiger partial charge >= 0.3 is 5.97 Å². The summed E-state index contributed by atoms with van der Waals surface area (Å²) in [7, 11) is 1.65. The van der Waals surface area contributed by atoms with Gasteiger partial charge in [-0.15, -0.1) is 0 Å². The van der Waals surface area contributed by atoms with Crippen LogP contribution in [0.5, 0.6) is 0 Å². The second-order valence-electron chi connectivity index (χ2n) is 5.08. The summed E-state index contributed by atoms with van der Waals surface area (Å²) >= 11 is 2.15. The van der Waals surface area contributed by atoms with Crippen molar-refractivity contribution in [2.75, 3.05) is 38.3 Å². The number of carbonyl (C=O) groups excluding carboxylic acids is 1. The van der Waals surface area contributed by atoms with Crippen LogP contribution in [0, 0.1) is 0 Å². The van der Waals surface area contributed by atoms with E-state index in [9.17, 15) is 4.79 Å². The lowest BCUT2D eigenvalue weighted by molar-refractivity contribution is 0.0433. The lowest BCUT2D eigenvalue weighted by Crippen LogP contribution is -2.27. The molecule has 0 amide bonds. The summed E-state index contributed by atoms with van der Waals surface area (Å²) in [4.78, 5) is 16.2. The van der Waals surface area contributed by atoms with E-state index in [-0.39, 0.29) is 5.76 Å². The van der Waals surface area contributed by atoms with Crippen molar-refractivity contribution in [1.29, 1.82) is 0 Å². The van der Waals surface area contributed by atoms with Crippen LogP contribution < -0.4 is 0 Å². The van der Waals surface area contributed by atoms with Crippen molar-refractivity contribution in [3.05, 3.63) is 35.6 Å². The number of alkyl halides is 1. The Bertz CT molecular complexity index is 623. The monoisotopic (exact) mass is 447 g/mol. The van der Waals surface area contributed by atoms with E-state index in [4.69, 9.17) is 13.9 Å². The lowest BCUT2D eigenvalue weighted by atomic mass is 10.2. The first-order valence-corrected chi connectivity index (χ1v) is 10.1. The van der Waals surface area contributed by atoms with Crippen molar-refractivity contribution in [3.8, 4) is 0 Å². The van der Waals surface area contributed by atoms with Gasteiger partial charge in [0.05, 0.1) is 6.61 Å². The summed E-state index contributed by atoms with van der Waals surface area (Å²) in [5.74, 6) is -0.180. The maximum absolute atomic E-state index is 12.0. The Hall–Kier alpha value is -1.12. The number of nitrogens with zero attached hydrogens (tertiary/aromatic N) is 1. The highest BCUT2D eigenvalue weighted by Gasteiger charge is 2.14. The topological polar surface area (TPSA) is 51.9 Å². The fourth-order valence-electron chi connectivity index (χ4n) is 2.33. The maximum Gasteiger partial charge on any atom is 0.374 e. The highest BCUT2D eigenvalue weighted by atomic mass is 127. The molecule has 0 aliphatic rings. The van der Waals surface area contributed by atoms with Crippen molar-refractivity contribution in [1.82, 2.24) is 4.90 Å². The number of benzene rings is 1. The molecule has 6 heteroatoms. The second-order valence-corrected chi connectivity index (χ2v) is 5.08. The van der Waals surface area contributed by atoms with Crippen molar-refractivity contribution in [3.63, 3.8) is 0 Å². The summed E-state index contributed by atoms with van der Waals surface area (Å²) in [5.41, 5.74) is 1.72. The summed E-state index contributed by atoms with van der Waals surface area (Å²) in [5, 5.41) is 0.880. The lowest BCUT2D eigenvalue weighted by Gasteiger charge is -2.17. The fraction of sp³-hybridized carbons (Fsp3) is 0.500. The third kappa shape index (κ3) is 6.07. The summed E-state index contributed by atoms with van der Waals surface area (Å²) < 4.78 is 15.9. The van der Waals surface area contributed by atoms with Gasteiger partial charge in [0.1, 0.15) is 12.2 Å². The van der Waals surface area contributed by atoms with Crippen LogP contribution in [0.1, 0.15) is 30.0 Å². The van der Waals surface area contributed by atoms with Crippen molar-refractivity contribution < 1.29 is 18.7 Å². The molecule has 0 fully saturated rings. The molecule has 2 rings (SSSR count). The van der Waals surface area contributed by atoms with Crippen LogP contribution in [-0.4, -0.2) is 49.2 Å². The van der Waals surface area contributed by atoms with Crippen LogP contribution in [0.15, 0.2) is 28.7 Å². The van der Waals surface area contributed by atoms with Gasteiger partial charge in [-0.3, -0.25) is 0 Å². The van der Waals surface area contributed by atoms with E-state index in [1.165, 1.54) is 0 Å². The molecule has 1 heterocycles. The zero-order chi connectivity index (χ0) is 17.9. The SMILES string of the molecule is CCN(CC)CCOC(=O)c1cc2cc(COC)ccc2o1.CI. The van der Waals surface area contributed by atoms with Gasteiger partial charge in [0, 0.05) is 19.0 Å². The van der Waals surface area contributed by atoms with E-state index in [1.54, 1.807) is 13.2 Å². The number of halogens is 1. The number of likely N-dealkylation sites (N-methyl/N-ethyl adjacent to an activating group) is 1. The molecule has 0 bridgehead atoms. The van der Waals surface area contributed by atoms with Gasteiger partial charge in [-0.2, -0.15) is 0 Å². The highest BCUT2D eigenvalue weighted by Crippen LogP contribution is 2.21. The van der Waals surface area contributed by atoms with E-state index in [2.05, 4.69) is 41.3 Å². The Morgan fingerprint density at radius 1 is 1.21 bits per heavy atom. The minimum Gasteiger partial charge on any atom is -0.458 e. The summed E-state index contributed by atoms with van der Waals surface area (Å²) in [6.45, 7) is 7.69. The number of fused-ring (bicyclic) bond motifs is 1. The van der Waals surface area contributed by atoms with E-state index in [0.717, 1.165) is 30.6 Å². The highest BCUT2D eigenvalue weighted by molar-refractivity contribution is 14.1. The van der Waals surface area contributed by atoms with Gasteiger partial charge in [0.25, 0.3) is 0 Å². The zero-order valence-electron chi connectivity index (χ0n) is 14.8. The molecule has 0 aliphatic carbocycles. The number of esters is 1. The average Bonchev–Trinajstić information content (AvgIpc) is 3.04. The van der Waals surface area contributed by atoms with Gasteiger partial charge in [0.15, 0.2) is 0 Å². The van der Waals surface area contributed by atoms with E-state index in [1.807, 2.05) is 23.1 Å². The first-order valence-electron chi connectivity index (χ1n) is 7.96. The van der Waals surface area contributed by atoms with Crippen molar-refractivity contribution >= 4 is 39.5 Å². The molecule has 0 atom stereocenters. The molecule has 1 aromatic carbocycles. The number of rotatable bonds is 8. The average molecular weight is 447 g/mol. The molecule has 0 saturated heterocycles. The van der Waals surface area contributed by atoms with E-state index in [0.29, 0.717) is 18.8 Å². The van der Waals surface area contributed by atoms with Gasteiger partial charge in [-0.1, -0.05) is 42.5 Å². The Balaban J connectivity index is 0.00000139. The molecule has 2 aromatic rings. The third-order valence-corrected chi connectivity index (χ3v) is 3.63. The van der Waals surface area contributed by atoms with E-state index >= 15 is 0 Å². The molecule has 0 spiro atoms. The molecular formula is C18H26INO4. The van der Waals surface area contributed by atoms with Crippen LogP contribution in [0.25, 0.3) is 11.0 Å². The van der Waals surface area contributed by atoms with Crippen LogP contribution in [0.4, 0.5) is 0 Å². The number of ether oxygens (including phenoxy) is 2. The smallest absolute Gasteiger partial charge is 0.374 e. The molecular weight excluding hydrogens is 421 g/mol. The maximum atomic E-state index is 12.0. The number of furan rings is 1. The molecule has 24 heavy (non-hydrogen) atoms. The first-order chi connectivity index (χ1) is 11.7. The standard InChI is InChI=1S/C17H23NO4.CH3I/c1-4-18(5-2)8-9-21-17(19)16-11-14-10-13(12-20-3)6-7-15(14)22-16;1-2/h6-7,10-11H,4-5,8-9,12H2,1-3H3;1H3. The number of hydrogen-bond donors (Lipinski definition) is 0. The third-order valence-electron chi connectivity index (χ3n) is 3.63. The minimum absolute atomic E-state index is 0.240. The van der Waals surface area contributed by atoms with Gasteiger partial charge in [-0.05, 0) is 41.8 Å². The molecule has 0 radical (unpaired) electrons. The Kier molecular flexibility index (Phi) is 9.97. The largest absolute Gasteiger partial charge is 0.458 e. The second kappa shape index (κ2) is 11.4. The number of hydrogen-bond acceptors (Lipinski definition) is 5. The predicted octanol–water partition coefficient (Wildman–Crippen LogP) is 4.13. The summed E-state index contributed by atoms with van der Waals surface area (Å²) in [6, 6.07) is 7.43. The first kappa shape index (κ1) is 20.9. The summed E-state index contributed by atoms with van der Waals surface area (Å²) in [6.07, 6.45) is 0. The van der Waals surface area contributed by atoms with Crippen molar-refractivity contribution in [2.45, 2.75) is 20.5 Å². The Morgan fingerprint density at radius 2 is 1.92 bits per heavy atom.